The van der Waals surface area contributed by atoms with Gasteiger partial charge >= 0.3 is 0 Å². The summed E-state index contributed by atoms with van der Waals surface area (Å²) in [5.41, 5.74) is 0. The second-order valence-electron chi connectivity index (χ2n) is 6.63. The summed E-state index contributed by atoms with van der Waals surface area (Å²) in [6, 6.07) is 1.57. The minimum Gasteiger partial charge on any atom is -0.313 e. The van der Waals surface area contributed by atoms with Gasteiger partial charge in [0.2, 0.25) is 0 Å². The van der Waals surface area contributed by atoms with E-state index < -0.39 is 0 Å². The van der Waals surface area contributed by atoms with E-state index in [0.29, 0.717) is 0 Å². The van der Waals surface area contributed by atoms with Crippen molar-refractivity contribution >= 4 is 0 Å². The van der Waals surface area contributed by atoms with Gasteiger partial charge in [-0.3, -0.25) is 0 Å². The predicted octanol–water partition coefficient (Wildman–Crippen LogP) is 1.79. The zero-order valence-electron chi connectivity index (χ0n) is 12.5. The molecule has 2 fully saturated rings. The molecule has 1 N–H and O–H groups in total. The van der Waals surface area contributed by atoms with Crippen molar-refractivity contribution in [2.45, 2.75) is 51.1 Å². The van der Waals surface area contributed by atoms with Gasteiger partial charge in [-0.25, -0.2) is 0 Å². The number of rotatable bonds is 5. The van der Waals surface area contributed by atoms with Crippen LogP contribution in [0.1, 0.15) is 39.0 Å². The Hall–Kier alpha value is -0.120. The lowest BCUT2D eigenvalue weighted by atomic mass is 9.87. The molecular formula is C15H31N3. The maximum absolute atomic E-state index is 3.77. The molecule has 0 aromatic heterocycles. The van der Waals surface area contributed by atoms with Crippen LogP contribution in [-0.4, -0.2) is 62.2 Å². The first-order valence-corrected chi connectivity index (χ1v) is 7.77. The third-order valence-electron chi connectivity index (χ3n) is 4.78. The van der Waals surface area contributed by atoms with Crippen LogP contribution in [0.2, 0.25) is 0 Å². The van der Waals surface area contributed by atoms with E-state index in [1.807, 2.05) is 0 Å². The lowest BCUT2D eigenvalue weighted by molar-refractivity contribution is 0.255. The summed E-state index contributed by atoms with van der Waals surface area (Å²) in [6.07, 6.45) is 6.98. The highest BCUT2D eigenvalue weighted by atomic mass is 15.2. The molecule has 3 atom stereocenters. The molecule has 2 rings (SSSR count). The minimum atomic E-state index is 0.778. The zero-order valence-corrected chi connectivity index (χ0v) is 12.5. The van der Waals surface area contributed by atoms with Crippen LogP contribution in [-0.2, 0) is 0 Å². The molecule has 1 heterocycles. The third-order valence-corrected chi connectivity index (χ3v) is 4.78. The molecule has 0 amide bonds. The number of likely N-dealkylation sites (tertiary alicyclic amines) is 1. The molecule has 3 unspecified atom stereocenters. The molecule has 106 valence electrons. The van der Waals surface area contributed by atoms with E-state index in [-0.39, 0.29) is 0 Å². The van der Waals surface area contributed by atoms with Gasteiger partial charge < -0.3 is 15.1 Å². The first-order chi connectivity index (χ1) is 8.65. The second kappa shape index (κ2) is 6.88. The van der Waals surface area contributed by atoms with Crippen molar-refractivity contribution < 1.29 is 0 Å². The van der Waals surface area contributed by atoms with Crippen molar-refractivity contribution in [3.05, 3.63) is 0 Å². The van der Waals surface area contributed by atoms with Gasteiger partial charge in [0.05, 0.1) is 0 Å². The molecule has 0 spiro atoms. The van der Waals surface area contributed by atoms with Crippen molar-refractivity contribution in [2.24, 2.45) is 5.92 Å². The summed E-state index contributed by atoms with van der Waals surface area (Å²) >= 11 is 0. The average molecular weight is 253 g/mol. The molecule has 3 nitrogen and oxygen atoms in total. The molecule has 1 saturated carbocycles. The first kappa shape index (κ1) is 14.3. The van der Waals surface area contributed by atoms with Crippen molar-refractivity contribution in [3.63, 3.8) is 0 Å². The summed E-state index contributed by atoms with van der Waals surface area (Å²) in [5, 5.41) is 3.77. The molecule has 0 radical (unpaired) electrons. The highest BCUT2D eigenvalue weighted by Crippen LogP contribution is 2.23. The molecule has 1 aliphatic carbocycles. The van der Waals surface area contributed by atoms with Gasteiger partial charge in [-0.15, -0.1) is 0 Å². The Morgan fingerprint density at radius 2 is 2.06 bits per heavy atom. The average Bonchev–Trinajstić information content (AvgIpc) is 2.78. The van der Waals surface area contributed by atoms with Crippen LogP contribution in [0, 0.1) is 5.92 Å². The largest absolute Gasteiger partial charge is 0.313 e. The Morgan fingerprint density at radius 3 is 2.72 bits per heavy atom. The minimum absolute atomic E-state index is 0.778. The predicted molar refractivity (Wildman–Crippen MR) is 78.0 cm³/mol. The van der Waals surface area contributed by atoms with Crippen molar-refractivity contribution in [2.75, 3.05) is 40.3 Å². The van der Waals surface area contributed by atoms with Crippen LogP contribution < -0.4 is 5.32 Å². The van der Waals surface area contributed by atoms with E-state index in [4.69, 9.17) is 0 Å². The third kappa shape index (κ3) is 4.22. The second-order valence-corrected chi connectivity index (χ2v) is 6.63. The van der Waals surface area contributed by atoms with E-state index in [1.165, 1.54) is 58.3 Å². The van der Waals surface area contributed by atoms with Gasteiger partial charge in [-0.2, -0.15) is 0 Å². The van der Waals surface area contributed by atoms with E-state index in [1.54, 1.807) is 0 Å². The van der Waals surface area contributed by atoms with E-state index in [9.17, 15) is 0 Å². The molecule has 3 heteroatoms. The van der Waals surface area contributed by atoms with E-state index >= 15 is 0 Å². The Balaban J connectivity index is 1.58. The topological polar surface area (TPSA) is 18.5 Å². The summed E-state index contributed by atoms with van der Waals surface area (Å²) in [7, 11) is 4.41. The number of likely N-dealkylation sites (N-methyl/N-ethyl adjacent to an activating group) is 1. The van der Waals surface area contributed by atoms with Gasteiger partial charge in [0.15, 0.2) is 0 Å². The van der Waals surface area contributed by atoms with E-state index in [2.05, 4.69) is 36.1 Å². The molecule has 1 saturated heterocycles. The fourth-order valence-corrected chi connectivity index (χ4v) is 3.48. The van der Waals surface area contributed by atoms with Gasteiger partial charge in [0, 0.05) is 31.7 Å². The van der Waals surface area contributed by atoms with Gasteiger partial charge in [-0.1, -0.05) is 19.8 Å². The lowest BCUT2D eigenvalue weighted by Crippen LogP contribution is -2.39. The van der Waals surface area contributed by atoms with Crippen LogP contribution >= 0.6 is 0 Å². The van der Waals surface area contributed by atoms with E-state index in [0.717, 1.165) is 18.0 Å². The molecule has 0 aromatic rings. The zero-order chi connectivity index (χ0) is 13.0. The van der Waals surface area contributed by atoms with Gasteiger partial charge in [0.25, 0.3) is 0 Å². The van der Waals surface area contributed by atoms with Crippen LogP contribution in [0.3, 0.4) is 0 Å². The summed E-state index contributed by atoms with van der Waals surface area (Å²) in [6.45, 7) is 7.35. The number of hydrogen-bond acceptors (Lipinski definition) is 3. The maximum atomic E-state index is 3.77. The molecule has 2 aliphatic rings. The standard InChI is InChI=1S/C15H31N3/c1-13-5-4-6-14(11-13)16-8-10-18-9-7-15(12-18)17(2)3/h13-16H,4-12H2,1-3H3. The van der Waals surface area contributed by atoms with Crippen LogP contribution in [0.25, 0.3) is 0 Å². The van der Waals surface area contributed by atoms with Crippen molar-refractivity contribution in [1.82, 2.24) is 15.1 Å². The smallest absolute Gasteiger partial charge is 0.0229 e. The van der Waals surface area contributed by atoms with Gasteiger partial charge in [0.1, 0.15) is 0 Å². The number of nitrogens with one attached hydrogen (secondary N) is 1. The van der Waals surface area contributed by atoms with Crippen LogP contribution in [0.15, 0.2) is 0 Å². The number of nitrogens with zero attached hydrogens (tertiary/aromatic N) is 2. The van der Waals surface area contributed by atoms with Crippen molar-refractivity contribution in [3.8, 4) is 0 Å². The number of hydrogen-bond donors (Lipinski definition) is 1. The monoisotopic (exact) mass is 253 g/mol. The van der Waals surface area contributed by atoms with Crippen molar-refractivity contribution in [1.29, 1.82) is 0 Å². The Kier molecular flexibility index (Phi) is 5.46. The highest BCUT2D eigenvalue weighted by molar-refractivity contribution is 4.82. The summed E-state index contributed by atoms with van der Waals surface area (Å²) in [5.74, 6) is 0.932. The molecule has 18 heavy (non-hydrogen) atoms. The SMILES string of the molecule is CC1CCCC(NCCN2CCC(N(C)C)C2)C1. The fraction of sp³-hybridized carbons (Fsp3) is 1.00. The molecular weight excluding hydrogens is 222 g/mol. The Bertz CT molecular complexity index is 242. The molecule has 1 aliphatic heterocycles. The highest BCUT2D eigenvalue weighted by Gasteiger charge is 2.24. The Labute approximate surface area is 113 Å². The Morgan fingerprint density at radius 1 is 1.22 bits per heavy atom. The first-order valence-electron chi connectivity index (χ1n) is 7.77. The normalized spacial score (nSPS) is 34.3. The summed E-state index contributed by atoms with van der Waals surface area (Å²) in [4.78, 5) is 4.99. The van der Waals surface area contributed by atoms with Crippen LogP contribution in [0.5, 0.6) is 0 Å². The fourth-order valence-electron chi connectivity index (χ4n) is 3.48. The maximum Gasteiger partial charge on any atom is 0.0229 e. The molecule has 0 aromatic carbocycles. The van der Waals surface area contributed by atoms with Crippen LogP contribution in [0.4, 0.5) is 0 Å². The quantitative estimate of drug-likeness (QED) is 0.806. The lowest BCUT2D eigenvalue weighted by Gasteiger charge is -2.28. The van der Waals surface area contributed by atoms with Gasteiger partial charge in [-0.05, 0) is 45.8 Å². The molecule has 0 bridgehead atoms. The summed E-state index contributed by atoms with van der Waals surface area (Å²) < 4.78 is 0.